The Morgan fingerprint density at radius 3 is 2.50 bits per heavy atom. The fourth-order valence-electron chi connectivity index (χ4n) is 4.81. The van der Waals surface area contributed by atoms with Gasteiger partial charge in [-0.3, -0.25) is 9.59 Å². The van der Waals surface area contributed by atoms with Crippen LogP contribution in [0.15, 0.2) is 65.9 Å². The minimum absolute atomic E-state index is 0.103. The first-order valence-corrected chi connectivity index (χ1v) is 10.3. The molecule has 0 saturated heterocycles. The zero-order valence-corrected chi connectivity index (χ0v) is 16.3. The topological polar surface area (TPSA) is 66.8 Å². The molecule has 4 atom stereocenters. The average molecular weight is 407 g/mol. The van der Waals surface area contributed by atoms with Crippen molar-refractivity contribution in [2.24, 2.45) is 5.92 Å². The number of phenolic OH excluding ortho intramolecular Hbond substituents is 1. The highest BCUT2D eigenvalue weighted by atomic mass is 19.1. The molecule has 5 rings (SSSR count). The van der Waals surface area contributed by atoms with Gasteiger partial charge in [0.05, 0.1) is 17.5 Å². The van der Waals surface area contributed by atoms with E-state index < -0.39 is 24.2 Å². The molecule has 6 heteroatoms. The molecule has 0 aromatic heterocycles. The van der Waals surface area contributed by atoms with E-state index in [1.54, 1.807) is 17.0 Å². The number of carbonyl (C=O) groups is 2. The Morgan fingerprint density at radius 2 is 1.77 bits per heavy atom. The molecule has 154 valence electrons. The third kappa shape index (κ3) is 3.07. The molecular formula is C24H22FNO4. The van der Waals surface area contributed by atoms with Crippen LogP contribution in [0.1, 0.15) is 36.4 Å². The lowest BCUT2D eigenvalue weighted by Gasteiger charge is -2.36. The first-order valence-electron chi connectivity index (χ1n) is 10.3. The number of amides is 1. The number of benzene rings is 2. The largest absolute Gasteiger partial charge is 0.508 e. The SMILES string of the molecule is O=C1C2=C(OC3CCC(F)CC13)C(=O)N(Cc1ccccc1)C2c1ccc(O)cc1. The molecule has 5 nitrogen and oxygen atoms in total. The van der Waals surface area contributed by atoms with Gasteiger partial charge in [0.1, 0.15) is 18.0 Å². The monoisotopic (exact) mass is 407 g/mol. The Kier molecular flexibility index (Phi) is 4.57. The maximum absolute atomic E-state index is 14.0. The highest BCUT2D eigenvalue weighted by Gasteiger charge is 2.52. The van der Waals surface area contributed by atoms with E-state index in [2.05, 4.69) is 0 Å². The maximum atomic E-state index is 14.0. The van der Waals surface area contributed by atoms with Gasteiger partial charge in [-0.25, -0.2) is 4.39 Å². The second-order valence-electron chi connectivity index (χ2n) is 8.19. The molecule has 1 saturated carbocycles. The van der Waals surface area contributed by atoms with E-state index >= 15 is 0 Å². The van der Waals surface area contributed by atoms with Gasteiger partial charge in [-0.15, -0.1) is 0 Å². The molecule has 1 aliphatic carbocycles. The number of ether oxygens (including phenoxy) is 1. The molecule has 4 unspecified atom stereocenters. The molecule has 1 N–H and O–H groups in total. The molecule has 0 bridgehead atoms. The lowest BCUT2D eigenvalue weighted by Crippen LogP contribution is -2.42. The van der Waals surface area contributed by atoms with Crippen LogP contribution in [-0.4, -0.2) is 34.0 Å². The number of ketones is 1. The number of fused-ring (bicyclic) bond motifs is 1. The average Bonchev–Trinajstić information content (AvgIpc) is 3.02. The molecule has 2 heterocycles. The van der Waals surface area contributed by atoms with Crippen LogP contribution in [-0.2, 0) is 20.9 Å². The molecule has 0 radical (unpaired) electrons. The highest BCUT2D eigenvalue weighted by Crippen LogP contribution is 2.47. The van der Waals surface area contributed by atoms with E-state index in [9.17, 15) is 19.1 Å². The summed E-state index contributed by atoms with van der Waals surface area (Å²) in [4.78, 5) is 28.4. The quantitative estimate of drug-likeness (QED) is 0.840. The summed E-state index contributed by atoms with van der Waals surface area (Å²) in [5.74, 6) is -0.860. The number of aromatic hydroxyl groups is 1. The van der Waals surface area contributed by atoms with Gasteiger partial charge >= 0.3 is 0 Å². The van der Waals surface area contributed by atoms with Crippen LogP contribution in [0.2, 0.25) is 0 Å². The van der Waals surface area contributed by atoms with E-state index in [0.717, 1.165) is 5.56 Å². The summed E-state index contributed by atoms with van der Waals surface area (Å²) in [5.41, 5.74) is 1.96. The first-order chi connectivity index (χ1) is 14.5. The Labute approximate surface area is 173 Å². The van der Waals surface area contributed by atoms with Gasteiger partial charge < -0.3 is 14.7 Å². The zero-order chi connectivity index (χ0) is 20.8. The van der Waals surface area contributed by atoms with Crippen molar-refractivity contribution in [1.29, 1.82) is 0 Å². The van der Waals surface area contributed by atoms with E-state index in [1.807, 2.05) is 30.3 Å². The number of alkyl halides is 1. The predicted molar refractivity (Wildman–Crippen MR) is 107 cm³/mol. The molecule has 3 aliphatic rings. The summed E-state index contributed by atoms with van der Waals surface area (Å²) in [6.45, 7) is 0.315. The van der Waals surface area contributed by atoms with Crippen molar-refractivity contribution < 1.29 is 23.8 Å². The molecule has 2 aliphatic heterocycles. The molecule has 2 aromatic carbocycles. The fourth-order valence-corrected chi connectivity index (χ4v) is 4.81. The maximum Gasteiger partial charge on any atom is 0.290 e. The summed E-state index contributed by atoms with van der Waals surface area (Å²) in [6.07, 6.45) is -0.546. The summed E-state index contributed by atoms with van der Waals surface area (Å²) in [7, 11) is 0. The van der Waals surface area contributed by atoms with Crippen molar-refractivity contribution in [2.45, 2.75) is 44.1 Å². The zero-order valence-electron chi connectivity index (χ0n) is 16.3. The minimum atomic E-state index is -1.02. The number of nitrogens with zero attached hydrogens (tertiary/aromatic N) is 1. The number of halogens is 1. The molecule has 2 aromatic rings. The fraction of sp³-hybridized carbons (Fsp3) is 0.333. The number of hydrogen-bond acceptors (Lipinski definition) is 4. The number of Topliss-reactive ketones (excluding diaryl/α,β-unsaturated/α-hetero) is 1. The van der Waals surface area contributed by atoms with Crippen LogP contribution >= 0.6 is 0 Å². The van der Waals surface area contributed by atoms with Crippen LogP contribution in [0.5, 0.6) is 5.75 Å². The number of phenols is 1. The lowest BCUT2D eigenvalue weighted by molar-refractivity contribution is -0.136. The van der Waals surface area contributed by atoms with Crippen molar-refractivity contribution in [3.05, 3.63) is 77.1 Å². The van der Waals surface area contributed by atoms with Gasteiger partial charge in [-0.2, -0.15) is 0 Å². The summed E-state index contributed by atoms with van der Waals surface area (Å²) in [6, 6.07) is 15.4. The van der Waals surface area contributed by atoms with Crippen LogP contribution in [0.25, 0.3) is 0 Å². The summed E-state index contributed by atoms with van der Waals surface area (Å²) >= 11 is 0. The Morgan fingerprint density at radius 1 is 1.03 bits per heavy atom. The van der Waals surface area contributed by atoms with Gasteiger partial charge in [0.15, 0.2) is 11.5 Å². The van der Waals surface area contributed by atoms with Gasteiger partial charge in [-0.05, 0) is 42.5 Å². The Bertz CT molecular complexity index is 1020. The number of hydrogen-bond donors (Lipinski definition) is 1. The molecule has 30 heavy (non-hydrogen) atoms. The summed E-state index contributed by atoms with van der Waals surface area (Å²) < 4.78 is 20.1. The second-order valence-corrected chi connectivity index (χ2v) is 8.19. The smallest absolute Gasteiger partial charge is 0.290 e. The third-order valence-corrected chi connectivity index (χ3v) is 6.28. The second kappa shape index (κ2) is 7.27. The molecule has 1 fully saturated rings. The van der Waals surface area contributed by atoms with E-state index in [0.29, 0.717) is 30.5 Å². The highest BCUT2D eigenvalue weighted by molar-refractivity contribution is 6.11. The van der Waals surface area contributed by atoms with Crippen molar-refractivity contribution in [2.75, 3.05) is 0 Å². The Balaban J connectivity index is 1.58. The van der Waals surface area contributed by atoms with Crippen LogP contribution in [0.3, 0.4) is 0 Å². The Hall–Kier alpha value is -3.15. The van der Waals surface area contributed by atoms with E-state index in [-0.39, 0.29) is 29.6 Å². The van der Waals surface area contributed by atoms with Gasteiger partial charge in [0.2, 0.25) is 0 Å². The van der Waals surface area contributed by atoms with E-state index in [1.165, 1.54) is 12.1 Å². The van der Waals surface area contributed by atoms with Gasteiger partial charge in [0.25, 0.3) is 5.91 Å². The standard InChI is InChI=1S/C24H22FNO4/c25-16-8-11-19-18(12-16)22(28)20-21(15-6-9-17(27)10-7-15)26(24(29)23(20)30-19)13-14-4-2-1-3-5-14/h1-7,9-10,16,18-19,21,27H,8,11-13H2. The first kappa shape index (κ1) is 18.9. The summed E-state index contributed by atoms with van der Waals surface area (Å²) in [5, 5.41) is 9.69. The molecule has 0 spiro atoms. The van der Waals surface area contributed by atoms with Crippen molar-refractivity contribution >= 4 is 11.7 Å². The number of rotatable bonds is 3. The van der Waals surface area contributed by atoms with Crippen molar-refractivity contribution in [3.8, 4) is 5.75 Å². The van der Waals surface area contributed by atoms with Crippen LogP contribution in [0, 0.1) is 5.92 Å². The normalized spacial score (nSPS) is 28.2. The van der Waals surface area contributed by atoms with Crippen LogP contribution in [0.4, 0.5) is 4.39 Å². The van der Waals surface area contributed by atoms with Crippen LogP contribution < -0.4 is 0 Å². The molecular weight excluding hydrogens is 385 g/mol. The third-order valence-electron chi connectivity index (χ3n) is 6.28. The predicted octanol–water partition coefficient (Wildman–Crippen LogP) is 3.84. The van der Waals surface area contributed by atoms with E-state index in [4.69, 9.17) is 4.74 Å². The van der Waals surface area contributed by atoms with Crippen molar-refractivity contribution in [3.63, 3.8) is 0 Å². The van der Waals surface area contributed by atoms with Crippen molar-refractivity contribution in [1.82, 2.24) is 4.90 Å². The van der Waals surface area contributed by atoms with Gasteiger partial charge in [0, 0.05) is 6.54 Å². The number of carbonyl (C=O) groups excluding carboxylic acids is 2. The molecule has 1 amide bonds. The minimum Gasteiger partial charge on any atom is -0.508 e. The lowest BCUT2D eigenvalue weighted by atomic mass is 9.77. The van der Waals surface area contributed by atoms with Gasteiger partial charge in [-0.1, -0.05) is 42.5 Å².